The molecule has 0 unspecified atom stereocenters. The number of aryl methyl sites for hydroxylation is 1. The third-order valence-electron chi connectivity index (χ3n) is 6.28. The Labute approximate surface area is 201 Å². The molecule has 2 aliphatic carbocycles. The van der Waals surface area contributed by atoms with Crippen LogP contribution in [-0.2, 0) is 0 Å². The second kappa shape index (κ2) is 17.9. The number of hydrogen-bond acceptors (Lipinski definition) is 0. The van der Waals surface area contributed by atoms with Gasteiger partial charge in [0.05, 0.1) is 0 Å². The van der Waals surface area contributed by atoms with Gasteiger partial charge >= 0.3 is 0 Å². The van der Waals surface area contributed by atoms with Crippen LogP contribution in [0.3, 0.4) is 0 Å². The van der Waals surface area contributed by atoms with Gasteiger partial charge in [-0.2, -0.15) is 0 Å². The molecule has 0 heteroatoms. The molecule has 2 fully saturated rings. The maximum atomic E-state index is 2.39. The minimum atomic E-state index is 0.790. The Hall–Kier alpha value is -1.56. The summed E-state index contributed by atoms with van der Waals surface area (Å²) in [5.74, 6) is 1.72. The summed E-state index contributed by atoms with van der Waals surface area (Å²) in [5.41, 5.74) is 5.51. The van der Waals surface area contributed by atoms with Crippen LogP contribution in [0.4, 0.5) is 0 Å². The van der Waals surface area contributed by atoms with Gasteiger partial charge in [0, 0.05) is 0 Å². The summed E-state index contributed by atoms with van der Waals surface area (Å²) in [7, 11) is 0. The van der Waals surface area contributed by atoms with E-state index in [1.54, 1.807) is 0 Å². The molecule has 0 amide bonds. The van der Waals surface area contributed by atoms with E-state index < -0.39 is 0 Å². The Bertz CT molecular complexity index is 639. The van der Waals surface area contributed by atoms with E-state index in [1.807, 2.05) is 0 Å². The topological polar surface area (TPSA) is 0 Å². The van der Waals surface area contributed by atoms with E-state index in [2.05, 4.69) is 90.1 Å². The minimum Gasteiger partial charge on any atom is -0.0656 e. The average Bonchev–Trinajstić information content (AvgIpc) is 2.83. The van der Waals surface area contributed by atoms with Crippen molar-refractivity contribution in [3.05, 3.63) is 59.7 Å². The van der Waals surface area contributed by atoms with E-state index in [9.17, 15) is 0 Å². The molecule has 32 heavy (non-hydrogen) atoms. The summed E-state index contributed by atoms with van der Waals surface area (Å²) in [6.07, 6.45) is 17.0. The van der Waals surface area contributed by atoms with Crippen LogP contribution in [-0.4, -0.2) is 0 Å². The fraction of sp³-hybridized carbons (Fsp3) is 0.625. The Morgan fingerprint density at radius 3 is 1.28 bits per heavy atom. The molecule has 0 saturated heterocycles. The fourth-order valence-electron chi connectivity index (χ4n) is 4.35. The Morgan fingerprint density at radius 2 is 0.906 bits per heavy atom. The van der Waals surface area contributed by atoms with Crippen LogP contribution in [0.5, 0.6) is 0 Å². The standard InChI is InChI=1S/C20H24.C6H12.2C3H8/c1-15-3-7-17(8-4-15)19-11-13-20(14-12-19)18-9-5-16(2)6-10-18;1-2-4-6-5-3-1;2*1-3-2/h3-4,7-8,11-14,16,18H,5-6,9-10H2,1-2H3;1-6H2;2*3H2,1-2H3. The first-order valence-corrected chi connectivity index (χ1v) is 13.7. The van der Waals surface area contributed by atoms with Gasteiger partial charge in [-0.15, -0.1) is 0 Å². The van der Waals surface area contributed by atoms with Gasteiger partial charge < -0.3 is 0 Å². The molecule has 0 radical (unpaired) electrons. The second-order valence-corrected chi connectivity index (χ2v) is 9.98. The van der Waals surface area contributed by atoms with Crippen LogP contribution in [0.2, 0.25) is 0 Å². The quantitative estimate of drug-likeness (QED) is 0.439. The fourth-order valence-corrected chi connectivity index (χ4v) is 4.35. The van der Waals surface area contributed by atoms with Crippen molar-refractivity contribution in [1.82, 2.24) is 0 Å². The van der Waals surface area contributed by atoms with Crippen LogP contribution in [0.1, 0.15) is 129 Å². The molecule has 2 aromatic rings. The van der Waals surface area contributed by atoms with Crippen molar-refractivity contribution in [2.75, 3.05) is 0 Å². The van der Waals surface area contributed by atoms with E-state index in [-0.39, 0.29) is 0 Å². The molecule has 0 aromatic heterocycles. The highest BCUT2D eigenvalue weighted by Gasteiger charge is 2.19. The van der Waals surface area contributed by atoms with Crippen molar-refractivity contribution in [1.29, 1.82) is 0 Å². The maximum Gasteiger partial charge on any atom is -0.0162 e. The highest BCUT2D eigenvalue weighted by Crippen LogP contribution is 2.36. The van der Waals surface area contributed by atoms with E-state index in [1.165, 1.54) is 99.3 Å². The molecule has 2 aliphatic rings. The average molecular weight is 437 g/mol. The summed E-state index contributed by atoms with van der Waals surface area (Å²) >= 11 is 0. The van der Waals surface area contributed by atoms with Crippen molar-refractivity contribution in [3.8, 4) is 11.1 Å². The molecule has 2 aromatic carbocycles. The Morgan fingerprint density at radius 1 is 0.562 bits per heavy atom. The summed E-state index contributed by atoms with van der Waals surface area (Å²) in [5, 5.41) is 0. The van der Waals surface area contributed by atoms with Crippen molar-refractivity contribution < 1.29 is 0 Å². The van der Waals surface area contributed by atoms with Crippen LogP contribution >= 0.6 is 0 Å². The molecule has 180 valence electrons. The minimum absolute atomic E-state index is 0.790. The van der Waals surface area contributed by atoms with Crippen LogP contribution < -0.4 is 0 Å². The summed E-state index contributed by atoms with van der Waals surface area (Å²) in [6, 6.07) is 18.1. The first-order valence-electron chi connectivity index (χ1n) is 13.7. The molecule has 0 spiro atoms. The van der Waals surface area contributed by atoms with Gasteiger partial charge in [0.1, 0.15) is 0 Å². The molecule has 4 rings (SSSR count). The number of benzene rings is 2. The SMILES string of the molecule is C1CCCCC1.CCC.CCC.Cc1ccc(-c2ccc(C3CCC(C)CC3)cc2)cc1. The predicted molar refractivity (Wildman–Crippen MR) is 147 cm³/mol. The van der Waals surface area contributed by atoms with Gasteiger partial charge in [-0.25, -0.2) is 0 Å². The third kappa shape index (κ3) is 11.9. The monoisotopic (exact) mass is 436 g/mol. The Kier molecular flexibility index (Phi) is 16.0. The summed E-state index contributed by atoms with van der Waals surface area (Å²) < 4.78 is 0. The molecule has 0 heterocycles. The number of hydrogen-bond donors (Lipinski definition) is 0. The lowest BCUT2D eigenvalue weighted by Gasteiger charge is -2.26. The third-order valence-corrected chi connectivity index (χ3v) is 6.28. The predicted octanol–water partition coefficient (Wildman–Crippen LogP) is 11.1. The largest absolute Gasteiger partial charge is 0.0656 e. The smallest absolute Gasteiger partial charge is 0.0162 e. The highest BCUT2D eigenvalue weighted by atomic mass is 14.2. The lowest BCUT2D eigenvalue weighted by atomic mass is 9.79. The molecular formula is C32H52. The molecule has 0 atom stereocenters. The van der Waals surface area contributed by atoms with E-state index in [4.69, 9.17) is 0 Å². The van der Waals surface area contributed by atoms with Crippen LogP contribution in [0.15, 0.2) is 48.5 Å². The molecule has 2 saturated carbocycles. The van der Waals surface area contributed by atoms with Crippen molar-refractivity contribution >= 4 is 0 Å². The van der Waals surface area contributed by atoms with Gasteiger partial charge in [0.15, 0.2) is 0 Å². The highest BCUT2D eigenvalue weighted by molar-refractivity contribution is 5.64. The van der Waals surface area contributed by atoms with Gasteiger partial charge in [-0.1, -0.05) is 153 Å². The van der Waals surface area contributed by atoms with Crippen molar-refractivity contribution in [2.45, 2.75) is 125 Å². The lowest BCUT2D eigenvalue weighted by molar-refractivity contribution is 0.348. The van der Waals surface area contributed by atoms with Gasteiger partial charge in [-0.3, -0.25) is 0 Å². The molecule has 0 aliphatic heterocycles. The zero-order valence-corrected chi connectivity index (χ0v) is 22.3. The van der Waals surface area contributed by atoms with Crippen molar-refractivity contribution in [2.24, 2.45) is 5.92 Å². The van der Waals surface area contributed by atoms with E-state index in [0.29, 0.717) is 0 Å². The summed E-state index contributed by atoms with van der Waals surface area (Å²) in [4.78, 5) is 0. The first-order chi connectivity index (χ1) is 15.5. The Balaban J connectivity index is 0.000000352. The maximum absolute atomic E-state index is 2.39. The number of rotatable bonds is 2. The van der Waals surface area contributed by atoms with Gasteiger partial charge in [-0.05, 0) is 48.3 Å². The van der Waals surface area contributed by atoms with Crippen LogP contribution in [0.25, 0.3) is 11.1 Å². The normalized spacial score (nSPS) is 19.8. The zero-order chi connectivity index (χ0) is 23.6. The van der Waals surface area contributed by atoms with Gasteiger partial charge in [0.25, 0.3) is 0 Å². The molecule has 0 bridgehead atoms. The van der Waals surface area contributed by atoms with Crippen molar-refractivity contribution in [3.63, 3.8) is 0 Å². The molecular weight excluding hydrogens is 384 g/mol. The second-order valence-electron chi connectivity index (χ2n) is 9.98. The first kappa shape index (κ1) is 28.5. The molecule has 0 N–H and O–H groups in total. The van der Waals surface area contributed by atoms with Gasteiger partial charge in [0.2, 0.25) is 0 Å². The van der Waals surface area contributed by atoms with E-state index in [0.717, 1.165) is 11.8 Å². The summed E-state index contributed by atoms with van der Waals surface area (Å²) in [6.45, 7) is 13.0. The van der Waals surface area contributed by atoms with Crippen LogP contribution in [0, 0.1) is 12.8 Å². The zero-order valence-electron chi connectivity index (χ0n) is 22.3. The lowest BCUT2D eigenvalue weighted by Crippen LogP contribution is -2.10. The van der Waals surface area contributed by atoms with E-state index >= 15 is 0 Å². The molecule has 0 nitrogen and oxygen atoms in total.